The molecule has 0 radical (unpaired) electrons. The maximum Gasteiger partial charge on any atom is 0.335 e. The van der Waals surface area contributed by atoms with E-state index in [1.165, 1.54) is 0 Å². The number of rotatable bonds is 3. The normalized spacial score (nSPS) is 18.1. The Kier molecular flexibility index (Phi) is 3.28. The van der Waals surface area contributed by atoms with E-state index in [4.69, 9.17) is 5.11 Å². The number of carboxylic acid groups (broad SMARTS) is 1. The summed E-state index contributed by atoms with van der Waals surface area (Å²) in [5, 5.41) is 9.16. The van der Waals surface area contributed by atoms with Crippen molar-refractivity contribution in [1.29, 1.82) is 0 Å². The summed E-state index contributed by atoms with van der Waals surface area (Å²) in [5.74, 6) is -0.0837. The first kappa shape index (κ1) is 12.9. The van der Waals surface area contributed by atoms with E-state index >= 15 is 0 Å². The van der Waals surface area contributed by atoms with Crippen molar-refractivity contribution < 1.29 is 9.90 Å². The van der Waals surface area contributed by atoms with Gasteiger partial charge in [0, 0.05) is 17.8 Å². The second-order valence-electron chi connectivity index (χ2n) is 5.43. The number of pyridine rings is 1. The molecule has 1 aliphatic rings. The Hall–Kier alpha value is -1.58. The molecular formula is C14H20N2O2. The molecule has 1 fully saturated rings. The lowest BCUT2D eigenvalue weighted by Gasteiger charge is -2.33. The first-order valence-corrected chi connectivity index (χ1v) is 6.46. The van der Waals surface area contributed by atoms with Crippen molar-refractivity contribution in [3.05, 3.63) is 23.4 Å². The third-order valence-corrected chi connectivity index (χ3v) is 3.65. The number of carboxylic acids is 1. The van der Waals surface area contributed by atoms with Crippen LogP contribution in [-0.2, 0) is 6.42 Å². The van der Waals surface area contributed by atoms with Crippen LogP contribution in [0.3, 0.4) is 0 Å². The SMILES string of the molecule is CCc1cc(C(=O)O)cc(N2CCCC2(C)C)n1. The molecule has 0 aromatic carbocycles. The topological polar surface area (TPSA) is 53.4 Å². The molecule has 0 spiro atoms. The quantitative estimate of drug-likeness (QED) is 0.893. The molecule has 4 heteroatoms. The molecule has 98 valence electrons. The lowest BCUT2D eigenvalue weighted by atomic mass is 10.0. The zero-order chi connectivity index (χ0) is 13.3. The molecule has 1 aromatic rings. The Morgan fingerprint density at radius 2 is 2.22 bits per heavy atom. The third-order valence-electron chi connectivity index (χ3n) is 3.65. The molecular weight excluding hydrogens is 228 g/mol. The van der Waals surface area contributed by atoms with Crippen molar-refractivity contribution >= 4 is 11.8 Å². The fourth-order valence-electron chi connectivity index (χ4n) is 2.55. The molecule has 1 N–H and O–H groups in total. The van der Waals surface area contributed by atoms with Crippen LogP contribution < -0.4 is 4.90 Å². The second kappa shape index (κ2) is 4.59. The van der Waals surface area contributed by atoms with Crippen molar-refractivity contribution in [2.24, 2.45) is 0 Å². The van der Waals surface area contributed by atoms with Gasteiger partial charge < -0.3 is 10.0 Å². The average molecular weight is 248 g/mol. The molecule has 0 amide bonds. The van der Waals surface area contributed by atoms with Crippen LogP contribution in [0, 0.1) is 0 Å². The van der Waals surface area contributed by atoms with Crippen molar-refractivity contribution in [3.8, 4) is 0 Å². The van der Waals surface area contributed by atoms with Gasteiger partial charge >= 0.3 is 5.97 Å². The molecule has 0 atom stereocenters. The van der Waals surface area contributed by atoms with E-state index in [-0.39, 0.29) is 5.54 Å². The summed E-state index contributed by atoms with van der Waals surface area (Å²) in [6.07, 6.45) is 3.00. The van der Waals surface area contributed by atoms with Gasteiger partial charge in [-0.2, -0.15) is 0 Å². The predicted molar refractivity (Wildman–Crippen MR) is 71.2 cm³/mol. The molecule has 1 saturated heterocycles. The van der Waals surface area contributed by atoms with Gasteiger partial charge in [-0.25, -0.2) is 9.78 Å². The summed E-state index contributed by atoms with van der Waals surface area (Å²) in [6.45, 7) is 7.31. The minimum Gasteiger partial charge on any atom is -0.478 e. The average Bonchev–Trinajstić information content (AvgIpc) is 2.68. The summed E-state index contributed by atoms with van der Waals surface area (Å²) in [4.78, 5) is 17.9. The van der Waals surface area contributed by atoms with E-state index in [0.29, 0.717) is 5.56 Å². The van der Waals surface area contributed by atoms with Gasteiger partial charge in [0.2, 0.25) is 0 Å². The van der Waals surface area contributed by atoms with Gasteiger partial charge in [0.1, 0.15) is 5.82 Å². The highest BCUT2D eigenvalue weighted by atomic mass is 16.4. The van der Waals surface area contributed by atoms with Gasteiger partial charge in [-0.05, 0) is 45.2 Å². The lowest BCUT2D eigenvalue weighted by molar-refractivity contribution is 0.0696. The number of aryl methyl sites for hydroxylation is 1. The van der Waals surface area contributed by atoms with Crippen LogP contribution in [0.4, 0.5) is 5.82 Å². The lowest BCUT2D eigenvalue weighted by Crippen LogP contribution is -2.38. The zero-order valence-electron chi connectivity index (χ0n) is 11.2. The van der Waals surface area contributed by atoms with E-state index in [2.05, 4.69) is 23.7 Å². The summed E-state index contributed by atoms with van der Waals surface area (Å²) in [6, 6.07) is 3.35. The molecule has 1 aliphatic heterocycles. The minimum absolute atomic E-state index is 0.0646. The Balaban J connectivity index is 2.44. The number of anilines is 1. The van der Waals surface area contributed by atoms with Gasteiger partial charge in [-0.15, -0.1) is 0 Å². The number of hydrogen-bond donors (Lipinski definition) is 1. The van der Waals surface area contributed by atoms with Crippen LogP contribution in [0.2, 0.25) is 0 Å². The Morgan fingerprint density at radius 1 is 1.50 bits per heavy atom. The Labute approximate surface area is 108 Å². The summed E-state index contributed by atoms with van der Waals surface area (Å²) >= 11 is 0. The van der Waals surface area contributed by atoms with E-state index < -0.39 is 5.97 Å². The fraction of sp³-hybridized carbons (Fsp3) is 0.571. The van der Waals surface area contributed by atoms with Crippen molar-refractivity contribution in [1.82, 2.24) is 4.98 Å². The summed E-state index contributed by atoms with van der Waals surface area (Å²) in [5.41, 5.74) is 1.24. The van der Waals surface area contributed by atoms with Gasteiger partial charge in [0.25, 0.3) is 0 Å². The molecule has 2 rings (SSSR count). The van der Waals surface area contributed by atoms with E-state index in [1.807, 2.05) is 6.92 Å². The van der Waals surface area contributed by atoms with Crippen molar-refractivity contribution in [2.75, 3.05) is 11.4 Å². The maximum absolute atomic E-state index is 11.2. The minimum atomic E-state index is -0.884. The highest BCUT2D eigenvalue weighted by Crippen LogP contribution is 2.33. The van der Waals surface area contributed by atoms with Crippen LogP contribution in [0.1, 0.15) is 49.7 Å². The van der Waals surface area contributed by atoms with Crippen LogP contribution in [0.5, 0.6) is 0 Å². The number of aromatic nitrogens is 1. The van der Waals surface area contributed by atoms with Gasteiger partial charge in [0.05, 0.1) is 5.56 Å². The number of carbonyl (C=O) groups is 1. The van der Waals surface area contributed by atoms with Gasteiger partial charge in [-0.3, -0.25) is 0 Å². The Morgan fingerprint density at radius 3 is 2.72 bits per heavy atom. The summed E-state index contributed by atoms with van der Waals surface area (Å²) in [7, 11) is 0. The highest BCUT2D eigenvalue weighted by molar-refractivity contribution is 5.88. The van der Waals surface area contributed by atoms with Crippen molar-refractivity contribution in [3.63, 3.8) is 0 Å². The first-order valence-electron chi connectivity index (χ1n) is 6.46. The molecule has 1 aromatic heterocycles. The highest BCUT2D eigenvalue weighted by Gasteiger charge is 2.33. The van der Waals surface area contributed by atoms with E-state index in [1.54, 1.807) is 12.1 Å². The van der Waals surface area contributed by atoms with Gasteiger partial charge in [-0.1, -0.05) is 6.92 Å². The van der Waals surface area contributed by atoms with E-state index in [0.717, 1.165) is 37.3 Å². The second-order valence-corrected chi connectivity index (χ2v) is 5.43. The number of hydrogen-bond acceptors (Lipinski definition) is 3. The monoisotopic (exact) mass is 248 g/mol. The smallest absolute Gasteiger partial charge is 0.335 e. The third kappa shape index (κ3) is 2.33. The number of aromatic carboxylic acids is 1. The van der Waals surface area contributed by atoms with E-state index in [9.17, 15) is 4.79 Å². The van der Waals surface area contributed by atoms with Crippen LogP contribution in [0.25, 0.3) is 0 Å². The number of nitrogens with zero attached hydrogens (tertiary/aromatic N) is 2. The van der Waals surface area contributed by atoms with Crippen molar-refractivity contribution in [2.45, 2.75) is 45.6 Å². The largest absolute Gasteiger partial charge is 0.478 e. The van der Waals surface area contributed by atoms with Crippen LogP contribution in [-0.4, -0.2) is 28.1 Å². The zero-order valence-corrected chi connectivity index (χ0v) is 11.2. The molecule has 0 saturated carbocycles. The van der Waals surface area contributed by atoms with Gasteiger partial charge in [0.15, 0.2) is 0 Å². The molecule has 2 heterocycles. The molecule has 0 bridgehead atoms. The standard InChI is InChI=1S/C14H20N2O2/c1-4-11-8-10(13(17)18)9-12(15-11)16-7-5-6-14(16,2)3/h8-9H,4-7H2,1-3H3,(H,17,18). The maximum atomic E-state index is 11.2. The Bertz CT molecular complexity index is 469. The van der Waals surface area contributed by atoms with Crippen LogP contribution in [0.15, 0.2) is 12.1 Å². The van der Waals surface area contributed by atoms with Crippen LogP contribution >= 0.6 is 0 Å². The first-order chi connectivity index (χ1) is 8.44. The molecule has 0 aliphatic carbocycles. The fourth-order valence-corrected chi connectivity index (χ4v) is 2.55. The molecule has 0 unspecified atom stereocenters. The molecule has 18 heavy (non-hydrogen) atoms. The molecule has 4 nitrogen and oxygen atoms in total. The predicted octanol–water partition coefficient (Wildman–Crippen LogP) is 2.72. The summed E-state index contributed by atoms with van der Waals surface area (Å²) < 4.78 is 0.